The number of amides is 2. The lowest BCUT2D eigenvalue weighted by molar-refractivity contribution is 0.122. The van der Waals surface area contributed by atoms with Crippen LogP contribution in [0, 0.1) is 0 Å². The van der Waals surface area contributed by atoms with Crippen molar-refractivity contribution in [1.82, 2.24) is 15.3 Å². The fraction of sp³-hybridized carbons (Fsp3) is 0.303. The van der Waals surface area contributed by atoms with Gasteiger partial charge in [-0.15, -0.1) is 0 Å². The second-order valence-electron chi connectivity index (χ2n) is 10.4. The highest BCUT2D eigenvalue weighted by molar-refractivity contribution is 6.32. The first-order chi connectivity index (χ1) is 23.3. The van der Waals surface area contributed by atoms with Crippen LogP contribution < -0.4 is 49.9 Å². The van der Waals surface area contributed by atoms with E-state index in [2.05, 4.69) is 36.1 Å². The van der Waals surface area contributed by atoms with Crippen LogP contribution in [0.4, 0.5) is 39.3 Å². The largest absolute Gasteiger partial charge is 0.495 e. The lowest BCUT2D eigenvalue weighted by Gasteiger charge is -2.30. The SMILES string of the molecule is COc1cc(NC(=O)NCc2cc(OC)c(OC)c(OC)c2)ccc1Nc1ncc(Cl)c(Nc2ccc(N3CCOCC3)c(OC)c2)n1. The number of carbonyl (C=O) groups excluding carboxylic acids is 1. The van der Waals surface area contributed by atoms with Gasteiger partial charge in [-0.2, -0.15) is 4.98 Å². The quantitative estimate of drug-likeness (QED) is 0.135. The van der Waals surface area contributed by atoms with Crippen LogP contribution in [0.25, 0.3) is 0 Å². The Hall–Kier alpha value is -5.34. The summed E-state index contributed by atoms with van der Waals surface area (Å²) in [5.41, 5.74) is 3.58. The number of urea groups is 1. The highest BCUT2D eigenvalue weighted by Crippen LogP contribution is 2.38. The summed E-state index contributed by atoms with van der Waals surface area (Å²) in [6.45, 7) is 3.15. The molecule has 4 N–H and O–H groups in total. The Balaban J connectivity index is 1.24. The van der Waals surface area contributed by atoms with Crippen molar-refractivity contribution >= 4 is 52.1 Å². The zero-order chi connectivity index (χ0) is 34.0. The van der Waals surface area contributed by atoms with Gasteiger partial charge in [-0.05, 0) is 42.0 Å². The number of methoxy groups -OCH3 is 5. The minimum atomic E-state index is -0.419. The maximum Gasteiger partial charge on any atom is 0.319 e. The van der Waals surface area contributed by atoms with Gasteiger partial charge in [-0.3, -0.25) is 0 Å². The average Bonchev–Trinajstić information content (AvgIpc) is 3.12. The molecule has 0 radical (unpaired) electrons. The molecular weight excluding hydrogens is 642 g/mol. The minimum absolute atomic E-state index is 0.217. The molecule has 1 aliphatic rings. The molecule has 3 aromatic carbocycles. The van der Waals surface area contributed by atoms with Gasteiger partial charge in [0.05, 0.1) is 66.3 Å². The topological polar surface area (TPSA) is 150 Å². The van der Waals surface area contributed by atoms with Crippen LogP contribution in [-0.4, -0.2) is 77.9 Å². The van der Waals surface area contributed by atoms with Gasteiger partial charge in [0.2, 0.25) is 11.7 Å². The third kappa shape index (κ3) is 8.14. The second-order valence-corrected chi connectivity index (χ2v) is 10.8. The Morgan fingerprint density at radius 2 is 1.50 bits per heavy atom. The number of aromatic nitrogens is 2. The zero-order valence-electron chi connectivity index (χ0n) is 27.3. The molecule has 2 amide bonds. The third-order valence-corrected chi connectivity index (χ3v) is 7.70. The summed E-state index contributed by atoms with van der Waals surface area (Å²) in [6, 6.07) is 14.1. The molecule has 48 heavy (non-hydrogen) atoms. The number of nitrogens with zero attached hydrogens (tertiary/aromatic N) is 3. The predicted octanol–water partition coefficient (Wildman–Crippen LogP) is 5.82. The standard InChI is InChI=1S/C33H38ClN7O7/c1-43-26-16-22(38-33(42)36-18-20-14-28(45-3)30(47-5)29(15-20)46-4)6-8-24(26)39-32-35-19-23(34)31(40-32)37-21-7-9-25(27(17-21)44-2)41-10-12-48-13-11-41/h6-9,14-17,19H,10-13,18H2,1-5H3,(H2,36,38,42)(H2,35,37,39,40). The van der Waals surface area contributed by atoms with E-state index in [9.17, 15) is 4.79 Å². The van der Waals surface area contributed by atoms with E-state index < -0.39 is 6.03 Å². The van der Waals surface area contributed by atoms with Crippen LogP contribution in [-0.2, 0) is 11.3 Å². The van der Waals surface area contributed by atoms with Gasteiger partial charge >= 0.3 is 6.03 Å². The number of rotatable bonds is 13. The van der Waals surface area contributed by atoms with Gasteiger partial charge in [0, 0.05) is 43.1 Å². The fourth-order valence-corrected chi connectivity index (χ4v) is 5.20. The number of morpholine rings is 1. The van der Waals surface area contributed by atoms with Crippen LogP contribution in [0.2, 0.25) is 5.02 Å². The van der Waals surface area contributed by atoms with Crippen molar-refractivity contribution in [2.75, 3.05) is 82.7 Å². The molecule has 4 aromatic rings. The molecule has 0 saturated carbocycles. The molecule has 14 nitrogen and oxygen atoms in total. The number of benzene rings is 3. The summed E-state index contributed by atoms with van der Waals surface area (Å²) in [5, 5.41) is 12.4. The van der Waals surface area contributed by atoms with E-state index in [0.29, 0.717) is 58.4 Å². The normalized spacial score (nSPS) is 12.5. The van der Waals surface area contributed by atoms with Gasteiger partial charge < -0.3 is 54.6 Å². The summed E-state index contributed by atoms with van der Waals surface area (Å²) in [7, 11) is 7.77. The van der Waals surface area contributed by atoms with Crippen molar-refractivity contribution < 1.29 is 33.2 Å². The van der Waals surface area contributed by atoms with Crippen LogP contribution in [0.3, 0.4) is 0 Å². The predicted molar refractivity (Wildman–Crippen MR) is 185 cm³/mol. The number of carbonyl (C=O) groups is 1. The number of hydrogen-bond donors (Lipinski definition) is 4. The first kappa shape index (κ1) is 34.0. The maximum atomic E-state index is 12.7. The summed E-state index contributed by atoms with van der Waals surface area (Å²) in [6.07, 6.45) is 1.50. The number of hydrogen-bond acceptors (Lipinski definition) is 12. The van der Waals surface area contributed by atoms with Crippen LogP contribution >= 0.6 is 11.6 Å². The molecule has 0 bridgehead atoms. The van der Waals surface area contributed by atoms with Crippen molar-refractivity contribution in [3.8, 4) is 28.7 Å². The monoisotopic (exact) mass is 679 g/mol. The van der Waals surface area contributed by atoms with Gasteiger partial charge in [-0.25, -0.2) is 9.78 Å². The van der Waals surface area contributed by atoms with Crippen LogP contribution in [0.5, 0.6) is 28.7 Å². The van der Waals surface area contributed by atoms with Gasteiger partial charge in [0.1, 0.15) is 16.5 Å². The van der Waals surface area contributed by atoms with E-state index in [4.69, 9.17) is 40.0 Å². The Labute approximate surface area is 283 Å². The summed E-state index contributed by atoms with van der Waals surface area (Å²) in [4.78, 5) is 23.9. The number of nitrogens with one attached hydrogen (secondary N) is 4. The third-order valence-electron chi connectivity index (χ3n) is 7.42. The van der Waals surface area contributed by atoms with E-state index >= 15 is 0 Å². The highest BCUT2D eigenvalue weighted by atomic mass is 35.5. The number of ether oxygens (including phenoxy) is 6. The first-order valence-corrected chi connectivity index (χ1v) is 15.3. The molecule has 1 saturated heterocycles. The molecule has 1 aliphatic heterocycles. The Kier molecular flexibility index (Phi) is 11.3. The maximum absolute atomic E-state index is 12.7. The molecule has 15 heteroatoms. The molecule has 2 heterocycles. The van der Waals surface area contributed by atoms with E-state index in [0.717, 1.165) is 35.8 Å². The molecule has 0 aliphatic carbocycles. The molecule has 0 spiro atoms. The second kappa shape index (κ2) is 16.0. The van der Waals surface area contributed by atoms with E-state index in [-0.39, 0.29) is 12.5 Å². The molecule has 0 unspecified atom stereocenters. The summed E-state index contributed by atoms with van der Waals surface area (Å²) < 4.78 is 32.9. The van der Waals surface area contributed by atoms with E-state index in [1.165, 1.54) is 34.6 Å². The van der Waals surface area contributed by atoms with Crippen LogP contribution in [0.15, 0.2) is 54.7 Å². The Morgan fingerprint density at radius 1 is 0.833 bits per heavy atom. The number of halogens is 1. The zero-order valence-corrected chi connectivity index (χ0v) is 28.1. The molecule has 5 rings (SSSR count). The molecule has 1 aromatic heterocycles. The van der Waals surface area contributed by atoms with E-state index in [1.807, 2.05) is 18.2 Å². The molecule has 254 valence electrons. The van der Waals surface area contributed by atoms with Crippen molar-refractivity contribution in [3.05, 3.63) is 65.3 Å². The summed E-state index contributed by atoms with van der Waals surface area (Å²) >= 11 is 6.45. The molecule has 0 atom stereocenters. The Bertz CT molecular complexity index is 1710. The highest BCUT2D eigenvalue weighted by Gasteiger charge is 2.18. The lowest BCUT2D eigenvalue weighted by Crippen LogP contribution is -2.36. The number of anilines is 6. The van der Waals surface area contributed by atoms with Crippen molar-refractivity contribution in [3.63, 3.8) is 0 Å². The Morgan fingerprint density at radius 3 is 2.17 bits per heavy atom. The fourth-order valence-electron chi connectivity index (χ4n) is 5.06. The van der Waals surface area contributed by atoms with Gasteiger partial charge in [0.15, 0.2) is 17.3 Å². The molecule has 1 fully saturated rings. The average molecular weight is 680 g/mol. The van der Waals surface area contributed by atoms with Gasteiger partial charge in [-0.1, -0.05) is 11.6 Å². The lowest BCUT2D eigenvalue weighted by atomic mass is 10.2. The van der Waals surface area contributed by atoms with Crippen molar-refractivity contribution in [1.29, 1.82) is 0 Å². The van der Waals surface area contributed by atoms with Crippen LogP contribution in [0.1, 0.15) is 5.56 Å². The molecular formula is C33H38ClN7O7. The van der Waals surface area contributed by atoms with Gasteiger partial charge in [0.25, 0.3) is 0 Å². The van der Waals surface area contributed by atoms with E-state index in [1.54, 1.807) is 37.4 Å². The van der Waals surface area contributed by atoms with Crippen molar-refractivity contribution in [2.45, 2.75) is 6.54 Å². The first-order valence-electron chi connectivity index (χ1n) is 14.9. The minimum Gasteiger partial charge on any atom is -0.495 e. The smallest absolute Gasteiger partial charge is 0.319 e. The summed E-state index contributed by atoms with van der Waals surface area (Å²) in [5.74, 6) is 3.31. The van der Waals surface area contributed by atoms with Crippen molar-refractivity contribution in [2.24, 2.45) is 0 Å².